The number of pyridine rings is 1. The van der Waals surface area contributed by atoms with Gasteiger partial charge in [0.2, 0.25) is 0 Å². The fourth-order valence-electron chi connectivity index (χ4n) is 3.77. The van der Waals surface area contributed by atoms with Crippen molar-refractivity contribution in [1.82, 2.24) is 9.88 Å². The van der Waals surface area contributed by atoms with E-state index < -0.39 is 17.7 Å². The van der Waals surface area contributed by atoms with Gasteiger partial charge in [-0.1, -0.05) is 30.3 Å². The van der Waals surface area contributed by atoms with E-state index in [4.69, 9.17) is 0 Å². The number of aliphatic hydroxyl groups excluding tert-OH is 1. The zero-order chi connectivity index (χ0) is 20.2. The number of halogens is 2. The van der Waals surface area contributed by atoms with Crippen LogP contribution in [0.4, 0.5) is 14.5 Å². The van der Waals surface area contributed by atoms with Crippen LogP contribution < -0.4 is 4.90 Å². The lowest BCUT2D eigenvalue weighted by molar-refractivity contribution is 0.218. The van der Waals surface area contributed by atoms with Crippen molar-refractivity contribution < 1.29 is 13.9 Å². The number of hydrogen-bond donors (Lipinski definition) is 1. The van der Waals surface area contributed by atoms with Gasteiger partial charge in [0.15, 0.2) is 11.6 Å². The van der Waals surface area contributed by atoms with Crippen LogP contribution in [0.25, 0.3) is 0 Å². The third-order valence-corrected chi connectivity index (χ3v) is 5.33. The molecule has 0 saturated carbocycles. The van der Waals surface area contributed by atoms with Gasteiger partial charge in [-0.25, -0.2) is 8.78 Å². The molecule has 1 N–H and O–H groups in total. The highest BCUT2D eigenvalue weighted by atomic mass is 19.2. The van der Waals surface area contributed by atoms with Crippen LogP contribution in [0.2, 0.25) is 0 Å². The first-order chi connectivity index (χ1) is 14.1. The van der Waals surface area contributed by atoms with Crippen molar-refractivity contribution >= 4 is 5.69 Å². The maximum absolute atomic E-state index is 13.4. The molecule has 3 aromatic rings. The number of nitrogens with zero attached hydrogens (tertiary/aromatic N) is 3. The molecule has 4 rings (SSSR count). The van der Waals surface area contributed by atoms with Crippen molar-refractivity contribution in [2.45, 2.75) is 12.6 Å². The van der Waals surface area contributed by atoms with Crippen molar-refractivity contribution in [3.05, 3.63) is 95.3 Å². The maximum atomic E-state index is 13.4. The lowest BCUT2D eigenvalue weighted by Crippen LogP contribution is -2.46. The monoisotopic (exact) mass is 395 g/mol. The maximum Gasteiger partial charge on any atom is 0.159 e. The number of aliphatic hydroxyl groups is 1. The fraction of sp³-hybridized carbons (Fsp3) is 0.261. The van der Waals surface area contributed by atoms with Crippen LogP contribution >= 0.6 is 0 Å². The molecule has 2 aromatic carbocycles. The van der Waals surface area contributed by atoms with E-state index in [1.54, 1.807) is 18.5 Å². The molecule has 1 aliphatic rings. The molecule has 0 aliphatic carbocycles. The summed E-state index contributed by atoms with van der Waals surface area (Å²) in [5.74, 6) is -1.62. The van der Waals surface area contributed by atoms with E-state index in [0.717, 1.165) is 48.6 Å². The van der Waals surface area contributed by atoms with Crippen molar-refractivity contribution in [1.29, 1.82) is 0 Å². The largest absolute Gasteiger partial charge is 0.384 e. The van der Waals surface area contributed by atoms with Crippen LogP contribution in [0.1, 0.15) is 22.8 Å². The lowest BCUT2D eigenvalue weighted by Gasteiger charge is -2.37. The van der Waals surface area contributed by atoms with Gasteiger partial charge in [0.1, 0.15) is 6.10 Å². The number of para-hydroxylation sites is 1. The zero-order valence-electron chi connectivity index (χ0n) is 16.0. The van der Waals surface area contributed by atoms with Crippen molar-refractivity contribution in [2.24, 2.45) is 0 Å². The quantitative estimate of drug-likeness (QED) is 0.714. The second-order valence-electron chi connectivity index (χ2n) is 7.26. The van der Waals surface area contributed by atoms with E-state index in [1.807, 2.05) is 36.4 Å². The molecular formula is C23H23F2N3O. The topological polar surface area (TPSA) is 39.6 Å². The van der Waals surface area contributed by atoms with Gasteiger partial charge in [-0.15, -0.1) is 0 Å². The highest BCUT2D eigenvalue weighted by molar-refractivity contribution is 5.56. The van der Waals surface area contributed by atoms with Gasteiger partial charge in [0.05, 0.1) is 0 Å². The summed E-state index contributed by atoms with van der Waals surface area (Å²) in [7, 11) is 0. The SMILES string of the molecule is OC(c1cccnc1)c1ccccc1N1CCN(Cc2ccc(F)c(F)c2)CC1. The summed E-state index contributed by atoms with van der Waals surface area (Å²) in [5.41, 5.74) is 3.40. The van der Waals surface area contributed by atoms with Crippen LogP contribution in [-0.2, 0) is 6.54 Å². The Morgan fingerprint density at radius 2 is 1.72 bits per heavy atom. The number of piperazine rings is 1. The third-order valence-electron chi connectivity index (χ3n) is 5.33. The van der Waals surface area contributed by atoms with Crippen LogP contribution in [0.5, 0.6) is 0 Å². The Labute approximate surface area is 169 Å². The van der Waals surface area contributed by atoms with E-state index in [-0.39, 0.29) is 0 Å². The Hall–Kier alpha value is -2.83. The van der Waals surface area contributed by atoms with Crippen LogP contribution in [0, 0.1) is 11.6 Å². The Kier molecular flexibility index (Phi) is 5.83. The summed E-state index contributed by atoms with van der Waals surface area (Å²) in [6.07, 6.45) is 2.63. The molecule has 1 unspecified atom stereocenters. The first-order valence-corrected chi connectivity index (χ1v) is 9.70. The minimum atomic E-state index is -0.817. The molecule has 1 aliphatic heterocycles. The van der Waals surface area contributed by atoms with Gasteiger partial charge < -0.3 is 10.0 Å². The molecule has 150 valence electrons. The van der Waals surface area contributed by atoms with Crippen LogP contribution in [0.3, 0.4) is 0 Å². The summed E-state index contributed by atoms with van der Waals surface area (Å²) < 4.78 is 26.6. The summed E-state index contributed by atoms with van der Waals surface area (Å²) in [6.45, 7) is 3.78. The van der Waals surface area contributed by atoms with Crippen molar-refractivity contribution in [3.8, 4) is 0 Å². The molecule has 1 fully saturated rings. The molecule has 0 radical (unpaired) electrons. The molecule has 29 heavy (non-hydrogen) atoms. The third kappa shape index (κ3) is 4.44. The standard InChI is InChI=1S/C23H23F2N3O/c24-20-8-7-17(14-21(20)25)16-27-10-12-28(13-11-27)22-6-2-1-5-19(22)23(29)18-4-3-9-26-15-18/h1-9,14-15,23,29H,10-13,16H2. The zero-order valence-corrected chi connectivity index (χ0v) is 16.0. The van der Waals surface area contributed by atoms with Gasteiger partial charge in [-0.3, -0.25) is 9.88 Å². The lowest BCUT2D eigenvalue weighted by atomic mass is 10.00. The van der Waals surface area contributed by atoms with Crippen molar-refractivity contribution in [2.75, 3.05) is 31.1 Å². The number of aromatic nitrogens is 1. The molecule has 1 atom stereocenters. The van der Waals surface area contributed by atoms with Gasteiger partial charge in [0.25, 0.3) is 0 Å². The summed E-state index contributed by atoms with van der Waals surface area (Å²) in [5, 5.41) is 10.9. The highest BCUT2D eigenvalue weighted by Crippen LogP contribution is 2.31. The van der Waals surface area contributed by atoms with E-state index in [2.05, 4.69) is 14.8 Å². The first kappa shape index (κ1) is 19.5. The average Bonchev–Trinajstić information content (AvgIpc) is 2.77. The Bertz CT molecular complexity index is 959. The molecule has 1 saturated heterocycles. The highest BCUT2D eigenvalue weighted by Gasteiger charge is 2.22. The van der Waals surface area contributed by atoms with Gasteiger partial charge >= 0.3 is 0 Å². The van der Waals surface area contributed by atoms with Gasteiger partial charge in [0, 0.05) is 61.9 Å². The molecule has 1 aromatic heterocycles. The van der Waals surface area contributed by atoms with E-state index in [0.29, 0.717) is 6.54 Å². The summed E-state index contributed by atoms with van der Waals surface area (Å²) in [4.78, 5) is 8.59. The molecular weight excluding hydrogens is 372 g/mol. The van der Waals surface area contributed by atoms with E-state index >= 15 is 0 Å². The molecule has 4 nitrogen and oxygen atoms in total. The first-order valence-electron chi connectivity index (χ1n) is 9.70. The number of benzene rings is 2. The second-order valence-corrected chi connectivity index (χ2v) is 7.26. The Morgan fingerprint density at radius 3 is 2.45 bits per heavy atom. The Morgan fingerprint density at radius 1 is 0.931 bits per heavy atom. The molecule has 0 spiro atoms. The molecule has 0 bridgehead atoms. The predicted octanol–water partition coefficient (Wildman–Crippen LogP) is 3.76. The van der Waals surface area contributed by atoms with E-state index in [1.165, 1.54) is 12.1 Å². The number of anilines is 1. The van der Waals surface area contributed by atoms with Crippen LogP contribution in [-0.4, -0.2) is 41.2 Å². The number of hydrogen-bond acceptors (Lipinski definition) is 4. The van der Waals surface area contributed by atoms with Crippen LogP contribution in [0.15, 0.2) is 67.0 Å². The molecule has 0 amide bonds. The molecule has 6 heteroatoms. The minimum absolute atomic E-state index is 0.588. The smallest absolute Gasteiger partial charge is 0.159 e. The Balaban J connectivity index is 1.44. The normalized spacial score (nSPS) is 16.0. The minimum Gasteiger partial charge on any atom is -0.384 e. The second kappa shape index (κ2) is 8.68. The van der Waals surface area contributed by atoms with E-state index in [9.17, 15) is 13.9 Å². The predicted molar refractivity (Wildman–Crippen MR) is 109 cm³/mol. The summed E-state index contributed by atoms with van der Waals surface area (Å²) >= 11 is 0. The van der Waals surface area contributed by atoms with Crippen molar-refractivity contribution in [3.63, 3.8) is 0 Å². The fourth-order valence-corrected chi connectivity index (χ4v) is 3.77. The summed E-state index contributed by atoms with van der Waals surface area (Å²) in [6, 6.07) is 15.6. The average molecular weight is 395 g/mol. The van der Waals surface area contributed by atoms with Gasteiger partial charge in [-0.05, 0) is 29.8 Å². The molecule has 2 heterocycles. The van der Waals surface area contributed by atoms with Gasteiger partial charge in [-0.2, -0.15) is 0 Å². The number of rotatable bonds is 5.